The van der Waals surface area contributed by atoms with Gasteiger partial charge < -0.3 is 14.5 Å². The van der Waals surface area contributed by atoms with Crippen molar-refractivity contribution in [1.29, 1.82) is 0 Å². The highest BCUT2D eigenvalue weighted by Gasteiger charge is 2.32. The number of aromatic nitrogens is 2. The number of halogens is 1. The Balaban J connectivity index is 1.40. The maximum atomic E-state index is 14.1. The molecule has 2 fully saturated rings. The van der Waals surface area contributed by atoms with Crippen LogP contribution in [0.3, 0.4) is 0 Å². The normalized spacial score (nSPS) is 21.8. The number of nitrogens with zero attached hydrogens (tertiary/aromatic N) is 4. The summed E-state index contributed by atoms with van der Waals surface area (Å²) in [5, 5.41) is 0. The summed E-state index contributed by atoms with van der Waals surface area (Å²) in [5.74, 6) is 0.171. The molecule has 0 bridgehead atoms. The van der Waals surface area contributed by atoms with E-state index in [0.29, 0.717) is 43.8 Å². The van der Waals surface area contributed by atoms with E-state index >= 15 is 0 Å². The topological polar surface area (TPSA) is 76.8 Å². The number of aryl methyl sites for hydroxylation is 1. The summed E-state index contributed by atoms with van der Waals surface area (Å²) in [5.41, 5.74) is 1.04. The molecule has 1 aromatic heterocycles. The molecule has 2 aliphatic rings. The molecule has 4 rings (SSSR count). The Morgan fingerprint density at radius 1 is 1.03 bits per heavy atom. The van der Waals surface area contributed by atoms with Crippen LogP contribution in [0.4, 0.5) is 4.39 Å². The molecule has 0 N–H and O–H groups in total. The monoisotopic (exact) mass is 446 g/mol. The number of hydrogen-bond donors (Lipinski definition) is 0. The second-order valence-corrected chi connectivity index (χ2v) is 8.98. The molecule has 0 spiro atoms. The Morgan fingerprint density at radius 3 is 2.25 bits per heavy atom. The summed E-state index contributed by atoms with van der Waals surface area (Å²) >= 11 is 0. The fourth-order valence-electron chi connectivity index (χ4n) is 5.09. The van der Waals surface area contributed by atoms with Crippen molar-refractivity contribution in [3.8, 4) is 5.75 Å². The number of rotatable bonds is 4. The summed E-state index contributed by atoms with van der Waals surface area (Å²) in [7, 11) is 3.06. The third-order valence-corrected chi connectivity index (χ3v) is 7.09. The van der Waals surface area contributed by atoms with Crippen molar-refractivity contribution in [1.82, 2.24) is 18.9 Å². The zero-order valence-corrected chi connectivity index (χ0v) is 19.0. The molecule has 32 heavy (non-hydrogen) atoms. The smallest absolute Gasteiger partial charge is 0.328 e. The lowest BCUT2D eigenvalue weighted by atomic mass is 9.81. The first-order valence-corrected chi connectivity index (χ1v) is 11.3. The lowest BCUT2D eigenvalue weighted by molar-refractivity contribution is -0.142. The maximum Gasteiger partial charge on any atom is 0.328 e. The van der Waals surface area contributed by atoms with E-state index < -0.39 is 5.82 Å². The predicted octanol–water partition coefficient (Wildman–Crippen LogP) is 1.98. The van der Waals surface area contributed by atoms with Crippen LogP contribution in [-0.2, 0) is 23.2 Å². The Kier molecular flexibility index (Phi) is 6.26. The van der Waals surface area contributed by atoms with Gasteiger partial charge in [0.05, 0.1) is 18.1 Å². The van der Waals surface area contributed by atoms with E-state index in [-0.39, 0.29) is 35.1 Å². The number of carbonyl (C=O) groups is 2. The van der Waals surface area contributed by atoms with Gasteiger partial charge >= 0.3 is 5.69 Å². The minimum absolute atomic E-state index is 0.00792. The van der Waals surface area contributed by atoms with E-state index in [1.54, 1.807) is 29.5 Å². The van der Waals surface area contributed by atoms with Crippen molar-refractivity contribution in [2.75, 3.05) is 33.3 Å². The summed E-state index contributed by atoms with van der Waals surface area (Å²) in [6.45, 7) is 4.51. The number of carbonyl (C=O) groups excluding carboxylic acids is 2. The molecule has 0 atom stereocenters. The Hall–Kier alpha value is -2.84. The molecule has 1 aromatic carbocycles. The minimum atomic E-state index is -0.490. The Morgan fingerprint density at radius 2 is 1.66 bits per heavy atom. The number of fused-ring (bicyclic) bond motifs is 1. The zero-order valence-electron chi connectivity index (χ0n) is 19.0. The van der Waals surface area contributed by atoms with Crippen LogP contribution < -0.4 is 10.4 Å². The largest absolute Gasteiger partial charge is 0.494 e. The molecule has 2 aromatic rings. The van der Waals surface area contributed by atoms with Gasteiger partial charge in [0.25, 0.3) is 0 Å². The van der Waals surface area contributed by atoms with Crippen molar-refractivity contribution in [2.24, 2.45) is 18.9 Å². The third-order valence-electron chi connectivity index (χ3n) is 7.09. The highest BCUT2D eigenvalue weighted by atomic mass is 19.1. The molecule has 1 aliphatic carbocycles. The first-order chi connectivity index (χ1) is 15.3. The van der Waals surface area contributed by atoms with E-state index in [0.717, 1.165) is 25.7 Å². The third kappa shape index (κ3) is 4.12. The van der Waals surface area contributed by atoms with Crippen LogP contribution in [0.15, 0.2) is 16.9 Å². The van der Waals surface area contributed by atoms with Crippen LogP contribution >= 0.6 is 0 Å². The average molecular weight is 447 g/mol. The maximum absolute atomic E-state index is 14.1. The molecule has 174 valence electrons. The molecule has 1 saturated heterocycles. The zero-order chi connectivity index (χ0) is 23.0. The molecule has 1 saturated carbocycles. The molecule has 2 amide bonds. The Labute approximate surface area is 186 Å². The van der Waals surface area contributed by atoms with Gasteiger partial charge in [-0.1, -0.05) is 0 Å². The molecule has 2 heterocycles. The van der Waals surface area contributed by atoms with Crippen LogP contribution in [0.1, 0.15) is 32.6 Å². The highest BCUT2D eigenvalue weighted by Crippen LogP contribution is 2.32. The van der Waals surface area contributed by atoms with Crippen LogP contribution in [0.2, 0.25) is 0 Å². The SMILES string of the molecule is COc1cc2c(cc1F)n(C)c(=O)n2C[C@H]1CC[C@H](C(=O)N2CCN(C(C)=O)CC2)CC1. The number of benzene rings is 1. The molecular weight excluding hydrogens is 415 g/mol. The summed E-state index contributed by atoms with van der Waals surface area (Å²) < 4.78 is 22.4. The lowest BCUT2D eigenvalue weighted by Gasteiger charge is -2.37. The fourth-order valence-corrected chi connectivity index (χ4v) is 5.09. The molecule has 8 nitrogen and oxygen atoms in total. The summed E-state index contributed by atoms with van der Waals surface area (Å²) in [6, 6.07) is 2.93. The predicted molar refractivity (Wildman–Crippen MR) is 118 cm³/mol. The van der Waals surface area contributed by atoms with Crippen molar-refractivity contribution >= 4 is 22.8 Å². The van der Waals surface area contributed by atoms with Gasteiger partial charge in [-0.2, -0.15) is 0 Å². The molecule has 0 unspecified atom stereocenters. The van der Waals surface area contributed by atoms with Crippen molar-refractivity contribution < 1.29 is 18.7 Å². The highest BCUT2D eigenvalue weighted by molar-refractivity contribution is 5.80. The van der Waals surface area contributed by atoms with Gasteiger partial charge in [0.2, 0.25) is 11.8 Å². The van der Waals surface area contributed by atoms with Gasteiger partial charge in [-0.3, -0.25) is 18.7 Å². The first kappa shape index (κ1) is 22.4. The lowest BCUT2D eigenvalue weighted by Crippen LogP contribution is -2.51. The number of methoxy groups -OCH3 is 1. The van der Waals surface area contributed by atoms with Gasteiger partial charge in [-0.25, -0.2) is 9.18 Å². The van der Waals surface area contributed by atoms with Crippen LogP contribution in [0, 0.1) is 17.7 Å². The van der Waals surface area contributed by atoms with Gasteiger partial charge in [0, 0.05) is 64.7 Å². The molecular formula is C23H31FN4O4. The van der Waals surface area contributed by atoms with Crippen molar-refractivity contribution in [3.63, 3.8) is 0 Å². The van der Waals surface area contributed by atoms with Crippen molar-refractivity contribution in [2.45, 2.75) is 39.2 Å². The van der Waals surface area contributed by atoms with E-state index in [1.165, 1.54) is 17.7 Å². The standard InChI is InChI=1S/C23H31FN4O4/c1-15(29)26-8-10-27(11-9-26)22(30)17-6-4-16(5-7-17)14-28-20-13-21(32-3)18(24)12-19(20)25(2)23(28)31/h12-13,16-17H,4-11,14H2,1-3H3/t16-,17-. The minimum Gasteiger partial charge on any atom is -0.494 e. The van der Waals surface area contributed by atoms with Gasteiger partial charge in [0.15, 0.2) is 11.6 Å². The van der Waals surface area contributed by atoms with E-state index in [1.807, 2.05) is 4.90 Å². The first-order valence-electron chi connectivity index (χ1n) is 11.3. The quantitative estimate of drug-likeness (QED) is 0.720. The fraction of sp³-hybridized carbons (Fsp3) is 0.609. The van der Waals surface area contributed by atoms with Crippen LogP contribution in [-0.4, -0.2) is 64.0 Å². The number of ether oxygens (including phenoxy) is 1. The second kappa shape index (κ2) is 8.96. The Bertz CT molecular complexity index is 1080. The van der Waals surface area contributed by atoms with Crippen LogP contribution in [0.25, 0.3) is 11.0 Å². The summed E-state index contributed by atoms with van der Waals surface area (Å²) in [4.78, 5) is 40.9. The molecule has 0 radical (unpaired) electrons. The van der Waals surface area contributed by atoms with E-state index in [4.69, 9.17) is 4.74 Å². The number of imidazole rings is 1. The van der Waals surface area contributed by atoms with Crippen molar-refractivity contribution in [3.05, 3.63) is 28.4 Å². The summed E-state index contributed by atoms with van der Waals surface area (Å²) in [6.07, 6.45) is 3.33. The number of amides is 2. The average Bonchev–Trinajstić information content (AvgIpc) is 3.02. The molecule has 1 aliphatic heterocycles. The van der Waals surface area contributed by atoms with Crippen LogP contribution in [0.5, 0.6) is 5.75 Å². The number of piperazine rings is 1. The van der Waals surface area contributed by atoms with Gasteiger partial charge in [-0.05, 0) is 31.6 Å². The molecule has 9 heteroatoms. The van der Waals surface area contributed by atoms with Gasteiger partial charge in [-0.15, -0.1) is 0 Å². The van der Waals surface area contributed by atoms with E-state index in [9.17, 15) is 18.8 Å². The second-order valence-electron chi connectivity index (χ2n) is 8.98. The van der Waals surface area contributed by atoms with E-state index in [2.05, 4.69) is 0 Å². The number of hydrogen-bond acceptors (Lipinski definition) is 4. The van der Waals surface area contributed by atoms with Gasteiger partial charge in [0.1, 0.15) is 0 Å².